The van der Waals surface area contributed by atoms with E-state index in [1.54, 1.807) is 0 Å². The average molecular weight is 296 g/mol. The zero-order valence-electron chi connectivity index (χ0n) is 13.5. The van der Waals surface area contributed by atoms with Gasteiger partial charge in [-0.1, -0.05) is 56.3 Å². The summed E-state index contributed by atoms with van der Waals surface area (Å²) >= 11 is 0. The highest BCUT2D eigenvalue weighted by Crippen LogP contribution is 2.21. The quantitative estimate of drug-likeness (QED) is 0.848. The number of amides is 1. The van der Waals surface area contributed by atoms with E-state index < -0.39 is 0 Å². The summed E-state index contributed by atoms with van der Waals surface area (Å²) in [6.07, 6.45) is 0. The molecule has 0 heterocycles. The van der Waals surface area contributed by atoms with Gasteiger partial charge >= 0.3 is 0 Å². The van der Waals surface area contributed by atoms with Crippen LogP contribution < -0.4 is 10.6 Å². The third kappa shape index (κ3) is 4.71. The minimum absolute atomic E-state index is 0.0211. The normalized spacial score (nSPS) is 12.2. The van der Waals surface area contributed by atoms with E-state index in [-0.39, 0.29) is 11.9 Å². The molecule has 0 unspecified atom stereocenters. The van der Waals surface area contributed by atoms with Crippen LogP contribution in [0.4, 0.5) is 5.69 Å². The molecule has 1 atom stereocenters. The predicted octanol–water partition coefficient (Wildman–Crippen LogP) is 3.92. The van der Waals surface area contributed by atoms with Crippen molar-refractivity contribution < 1.29 is 4.79 Å². The number of anilines is 1. The monoisotopic (exact) mass is 296 g/mol. The molecule has 0 bridgehead atoms. The molecular formula is C19H24N2O. The fourth-order valence-corrected chi connectivity index (χ4v) is 2.53. The van der Waals surface area contributed by atoms with E-state index in [0.717, 1.165) is 11.3 Å². The van der Waals surface area contributed by atoms with Crippen molar-refractivity contribution in [3.63, 3.8) is 0 Å². The molecule has 1 amide bonds. The molecule has 0 aliphatic heterocycles. The van der Waals surface area contributed by atoms with E-state index in [0.29, 0.717) is 12.5 Å². The lowest BCUT2D eigenvalue weighted by Crippen LogP contribution is -2.33. The molecule has 2 rings (SSSR count). The third-order valence-electron chi connectivity index (χ3n) is 3.61. The SMILES string of the molecule is Cc1cccc(NC(=O)CN[C@H](c2ccccc2)C(C)C)c1. The smallest absolute Gasteiger partial charge is 0.238 e. The van der Waals surface area contributed by atoms with Crippen LogP contribution >= 0.6 is 0 Å². The zero-order valence-corrected chi connectivity index (χ0v) is 13.5. The maximum absolute atomic E-state index is 12.1. The second-order valence-corrected chi connectivity index (χ2v) is 5.93. The molecule has 2 aromatic rings. The Morgan fingerprint density at radius 1 is 1.05 bits per heavy atom. The molecule has 22 heavy (non-hydrogen) atoms. The lowest BCUT2D eigenvalue weighted by atomic mass is 9.96. The molecule has 0 radical (unpaired) electrons. The lowest BCUT2D eigenvalue weighted by Gasteiger charge is -2.22. The summed E-state index contributed by atoms with van der Waals surface area (Å²) in [4.78, 5) is 12.1. The molecule has 2 aromatic carbocycles. The third-order valence-corrected chi connectivity index (χ3v) is 3.61. The van der Waals surface area contributed by atoms with Crippen LogP contribution in [0.1, 0.15) is 31.0 Å². The van der Waals surface area contributed by atoms with Crippen LogP contribution in [-0.4, -0.2) is 12.5 Å². The van der Waals surface area contributed by atoms with Crippen LogP contribution in [0.25, 0.3) is 0 Å². The first-order valence-electron chi connectivity index (χ1n) is 7.71. The summed E-state index contributed by atoms with van der Waals surface area (Å²) in [6.45, 7) is 6.62. The van der Waals surface area contributed by atoms with Gasteiger partial charge in [0.15, 0.2) is 0 Å². The van der Waals surface area contributed by atoms with Gasteiger partial charge in [0.05, 0.1) is 6.54 Å². The molecule has 0 aliphatic carbocycles. The Morgan fingerprint density at radius 2 is 1.77 bits per heavy atom. The van der Waals surface area contributed by atoms with Crippen molar-refractivity contribution in [1.82, 2.24) is 5.32 Å². The summed E-state index contributed by atoms with van der Waals surface area (Å²) in [5.74, 6) is 0.390. The first kappa shape index (κ1) is 16.2. The number of benzene rings is 2. The molecule has 0 saturated carbocycles. The van der Waals surface area contributed by atoms with Gasteiger partial charge < -0.3 is 10.6 Å². The number of carbonyl (C=O) groups is 1. The molecule has 0 aromatic heterocycles. The van der Waals surface area contributed by atoms with Crippen molar-refractivity contribution >= 4 is 11.6 Å². The fourth-order valence-electron chi connectivity index (χ4n) is 2.53. The molecule has 0 saturated heterocycles. The Morgan fingerprint density at radius 3 is 2.41 bits per heavy atom. The standard InChI is InChI=1S/C19H24N2O/c1-14(2)19(16-9-5-4-6-10-16)20-13-18(22)21-17-11-7-8-15(3)12-17/h4-12,14,19-20H,13H2,1-3H3,(H,21,22)/t19-/m0/s1. The maximum atomic E-state index is 12.1. The fraction of sp³-hybridized carbons (Fsp3) is 0.316. The molecule has 2 N–H and O–H groups in total. The van der Waals surface area contributed by atoms with Gasteiger partial charge in [-0.2, -0.15) is 0 Å². The summed E-state index contributed by atoms with van der Waals surface area (Å²) in [7, 11) is 0. The first-order chi connectivity index (χ1) is 10.6. The van der Waals surface area contributed by atoms with Crippen LogP contribution in [0.5, 0.6) is 0 Å². The van der Waals surface area contributed by atoms with Crippen molar-refractivity contribution in [2.45, 2.75) is 26.8 Å². The molecule has 0 aliphatic rings. The molecule has 116 valence electrons. The number of hydrogen-bond donors (Lipinski definition) is 2. The van der Waals surface area contributed by atoms with Gasteiger partial charge in [-0.15, -0.1) is 0 Å². The molecule has 3 heteroatoms. The lowest BCUT2D eigenvalue weighted by molar-refractivity contribution is -0.115. The Kier molecular flexibility index (Phi) is 5.73. The van der Waals surface area contributed by atoms with Gasteiger partial charge in [0.25, 0.3) is 0 Å². The summed E-state index contributed by atoms with van der Waals surface area (Å²) in [5.41, 5.74) is 3.18. The van der Waals surface area contributed by atoms with E-state index in [2.05, 4.69) is 36.6 Å². The van der Waals surface area contributed by atoms with Crippen molar-refractivity contribution in [3.8, 4) is 0 Å². The average Bonchev–Trinajstić information content (AvgIpc) is 2.48. The van der Waals surface area contributed by atoms with Crippen molar-refractivity contribution in [2.75, 3.05) is 11.9 Å². The van der Waals surface area contributed by atoms with Crippen LogP contribution in [0.3, 0.4) is 0 Å². The Bertz CT molecular complexity index is 608. The number of rotatable bonds is 6. The topological polar surface area (TPSA) is 41.1 Å². The summed E-state index contributed by atoms with van der Waals surface area (Å²) in [5, 5.41) is 6.29. The highest BCUT2D eigenvalue weighted by atomic mass is 16.1. The van der Waals surface area contributed by atoms with Gasteiger partial charge in [-0.05, 0) is 36.1 Å². The highest BCUT2D eigenvalue weighted by molar-refractivity contribution is 5.92. The number of aryl methyl sites for hydroxylation is 1. The Hall–Kier alpha value is -2.13. The second-order valence-electron chi connectivity index (χ2n) is 5.93. The Balaban J connectivity index is 1.94. The number of nitrogens with one attached hydrogen (secondary N) is 2. The van der Waals surface area contributed by atoms with E-state index in [9.17, 15) is 4.79 Å². The van der Waals surface area contributed by atoms with E-state index >= 15 is 0 Å². The minimum atomic E-state index is -0.0211. The van der Waals surface area contributed by atoms with Crippen LogP contribution in [-0.2, 0) is 4.79 Å². The van der Waals surface area contributed by atoms with E-state index in [1.807, 2.05) is 49.4 Å². The van der Waals surface area contributed by atoms with Crippen LogP contribution in [0.15, 0.2) is 54.6 Å². The van der Waals surface area contributed by atoms with E-state index in [4.69, 9.17) is 0 Å². The molecule has 0 spiro atoms. The van der Waals surface area contributed by atoms with E-state index in [1.165, 1.54) is 5.56 Å². The van der Waals surface area contributed by atoms with Gasteiger partial charge in [0, 0.05) is 11.7 Å². The molecular weight excluding hydrogens is 272 g/mol. The second kappa shape index (κ2) is 7.76. The van der Waals surface area contributed by atoms with Gasteiger partial charge in [0.2, 0.25) is 5.91 Å². The van der Waals surface area contributed by atoms with Crippen LogP contribution in [0, 0.1) is 12.8 Å². The summed E-state index contributed by atoms with van der Waals surface area (Å²) in [6, 6.07) is 18.2. The van der Waals surface area contributed by atoms with Crippen LogP contribution in [0.2, 0.25) is 0 Å². The van der Waals surface area contributed by atoms with Gasteiger partial charge in [-0.3, -0.25) is 4.79 Å². The number of hydrogen-bond acceptors (Lipinski definition) is 2. The largest absolute Gasteiger partial charge is 0.325 e. The molecule has 3 nitrogen and oxygen atoms in total. The van der Waals surface area contributed by atoms with Gasteiger partial charge in [-0.25, -0.2) is 0 Å². The molecule has 0 fully saturated rings. The number of carbonyl (C=O) groups excluding carboxylic acids is 1. The van der Waals surface area contributed by atoms with Crippen molar-refractivity contribution in [2.24, 2.45) is 5.92 Å². The highest BCUT2D eigenvalue weighted by Gasteiger charge is 2.16. The van der Waals surface area contributed by atoms with Gasteiger partial charge in [0.1, 0.15) is 0 Å². The summed E-state index contributed by atoms with van der Waals surface area (Å²) < 4.78 is 0. The minimum Gasteiger partial charge on any atom is -0.325 e. The Labute approximate surface area is 132 Å². The zero-order chi connectivity index (χ0) is 15.9. The van der Waals surface area contributed by atoms with Crippen molar-refractivity contribution in [1.29, 1.82) is 0 Å². The maximum Gasteiger partial charge on any atom is 0.238 e. The first-order valence-corrected chi connectivity index (χ1v) is 7.71. The van der Waals surface area contributed by atoms with Crippen molar-refractivity contribution in [3.05, 3.63) is 65.7 Å². The predicted molar refractivity (Wildman–Crippen MR) is 91.8 cm³/mol.